The molecule has 0 aliphatic heterocycles. The van der Waals surface area contributed by atoms with Crippen LogP contribution in [0, 0.1) is 6.92 Å². The van der Waals surface area contributed by atoms with Crippen LogP contribution in [-0.4, -0.2) is 37.2 Å². The van der Waals surface area contributed by atoms with E-state index in [1.54, 1.807) is 18.2 Å². The molecule has 3 aromatic rings. The molecule has 1 heterocycles. The van der Waals surface area contributed by atoms with Crippen LogP contribution in [0.15, 0.2) is 75.4 Å². The predicted molar refractivity (Wildman–Crippen MR) is 124 cm³/mol. The summed E-state index contributed by atoms with van der Waals surface area (Å²) >= 11 is 0. The standard InChI is InChI=1S/C23H26N4O4S/c1-4-26(5-2)18-11-12-20(17(3)15-18)24-21(28)16-27-23(29)14-13-22(25-27)32(30,31)19-9-7-6-8-10-19/h6-15H,4-5,16H2,1-3H3,(H,24,28). The van der Waals surface area contributed by atoms with Gasteiger partial charge in [0.2, 0.25) is 15.7 Å². The molecule has 0 spiro atoms. The molecular formula is C23H26N4O4S. The summed E-state index contributed by atoms with van der Waals surface area (Å²) in [7, 11) is -3.90. The van der Waals surface area contributed by atoms with Gasteiger partial charge in [-0.2, -0.15) is 5.10 Å². The molecule has 0 aliphatic carbocycles. The Balaban J connectivity index is 1.80. The largest absolute Gasteiger partial charge is 0.372 e. The Bertz CT molecular complexity index is 1270. The van der Waals surface area contributed by atoms with Crippen molar-refractivity contribution in [3.63, 3.8) is 0 Å². The Labute approximate surface area is 187 Å². The highest BCUT2D eigenvalue weighted by Crippen LogP contribution is 2.23. The zero-order valence-corrected chi connectivity index (χ0v) is 19.1. The van der Waals surface area contributed by atoms with Gasteiger partial charge in [0.05, 0.1) is 4.90 Å². The molecule has 1 N–H and O–H groups in total. The van der Waals surface area contributed by atoms with Gasteiger partial charge in [-0.05, 0) is 62.7 Å². The Hall–Kier alpha value is -3.46. The van der Waals surface area contributed by atoms with E-state index >= 15 is 0 Å². The van der Waals surface area contributed by atoms with Gasteiger partial charge in [0.25, 0.3) is 5.56 Å². The highest BCUT2D eigenvalue weighted by atomic mass is 32.2. The monoisotopic (exact) mass is 454 g/mol. The Kier molecular flexibility index (Phi) is 7.09. The van der Waals surface area contributed by atoms with E-state index in [9.17, 15) is 18.0 Å². The molecule has 0 atom stereocenters. The van der Waals surface area contributed by atoms with Crippen molar-refractivity contribution in [2.24, 2.45) is 0 Å². The second-order valence-electron chi connectivity index (χ2n) is 7.20. The molecule has 32 heavy (non-hydrogen) atoms. The van der Waals surface area contributed by atoms with E-state index in [1.165, 1.54) is 12.1 Å². The number of amides is 1. The average Bonchev–Trinajstić information content (AvgIpc) is 2.78. The topological polar surface area (TPSA) is 101 Å². The third-order valence-corrected chi connectivity index (χ3v) is 6.74. The van der Waals surface area contributed by atoms with Crippen molar-refractivity contribution in [2.75, 3.05) is 23.3 Å². The van der Waals surface area contributed by atoms with Crippen LogP contribution in [0.25, 0.3) is 0 Å². The number of benzene rings is 2. The molecule has 0 saturated heterocycles. The molecule has 0 unspecified atom stereocenters. The number of aromatic nitrogens is 2. The van der Waals surface area contributed by atoms with Crippen LogP contribution in [0.4, 0.5) is 11.4 Å². The molecule has 0 radical (unpaired) electrons. The Morgan fingerprint density at radius 2 is 1.72 bits per heavy atom. The van der Waals surface area contributed by atoms with E-state index in [1.807, 2.05) is 25.1 Å². The summed E-state index contributed by atoms with van der Waals surface area (Å²) in [6.45, 7) is 7.38. The lowest BCUT2D eigenvalue weighted by Gasteiger charge is -2.22. The van der Waals surface area contributed by atoms with Gasteiger partial charge >= 0.3 is 0 Å². The first-order valence-corrected chi connectivity index (χ1v) is 11.8. The second-order valence-corrected chi connectivity index (χ2v) is 9.10. The average molecular weight is 455 g/mol. The van der Waals surface area contributed by atoms with Gasteiger partial charge in [-0.15, -0.1) is 0 Å². The third kappa shape index (κ3) is 5.05. The van der Waals surface area contributed by atoms with Gasteiger partial charge in [0.15, 0.2) is 5.03 Å². The number of aryl methyl sites for hydroxylation is 1. The highest BCUT2D eigenvalue weighted by molar-refractivity contribution is 7.91. The molecule has 0 saturated carbocycles. The van der Waals surface area contributed by atoms with Gasteiger partial charge in [-0.3, -0.25) is 9.59 Å². The van der Waals surface area contributed by atoms with Crippen LogP contribution < -0.4 is 15.8 Å². The van der Waals surface area contributed by atoms with E-state index in [4.69, 9.17) is 0 Å². The SMILES string of the molecule is CCN(CC)c1ccc(NC(=O)Cn2nc(S(=O)(=O)c3ccccc3)ccc2=O)c(C)c1. The minimum atomic E-state index is -3.90. The van der Waals surface area contributed by atoms with Crippen molar-refractivity contribution >= 4 is 27.1 Å². The summed E-state index contributed by atoms with van der Waals surface area (Å²) in [5.41, 5.74) is 1.98. The molecule has 8 nitrogen and oxygen atoms in total. The van der Waals surface area contributed by atoms with Gasteiger partial charge in [0, 0.05) is 30.5 Å². The number of sulfone groups is 1. The summed E-state index contributed by atoms with van der Waals surface area (Å²) in [5.74, 6) is -0.479. The quantitative estimate of drug-likeness (QED) is 0.562. The number of carbonyl (C=O) groups is 1. The van der Waals surface area contributed by atoms with Crippen LogP contribution >= 0.6 is 0 Å². The van der Waals surface area contributed by atoms with E-state index in [0.29, 0.717) is 5.69 Å². The maximum atomic E-state index is 12.8. The lowest BCUT2D eigenvalue weighted by Crippen LogP contribution is -2.30. The van der Waals surface area contributed by atoms with Crippen molar-refractivity contribution in [1.82, 2.24) is 9.78 Å². The molecular weight excluding hydrogens is 428 g/mol. The first kappa shape index (κ1) is 23.2. The number of carbonyl (C=O) groups excluding carboxylic acids is 1. The lowest BCUT2D eigenvalue weighted by molar-refractivity contribution is -0.117. The van der Waals surface area contributed by atoms with Crippen molar-refractivity contribution < 1.29 is 13.2 Å². The normalized spacial score (nSPS) is 11.2. The molecule has 0 fully saturated rings. The fourth-order valence-electron chi connectivity index (χ4n) is 3.31. The molecule has 1 aromatic heterocycles. The van der Waals surface area contributed by atoms with Crippen LogP contribution in [0.2, 0.25) is 0 Å². The van der Waals surface area contributed by atoms with Crippen molar-refractivity contribution in [1.29, 1.82) is 0 Å². The molecule has 0 bridgehead atoms. The number of anilines is 2. The van der Waals surface area contributed by atoms with E-state index < -0.39 is 27.8 Å². The molecule has 9 heteroatoms. The van der Waals surface area contributed by atoms with Crippen LogP contribution in [0.5, 0.6) is 0 Å². The zero-order chi connectivity index (χ0) is 23.3. The fraction of sp³-hybridized carbons (Fsp3) is 0.261. The number of rotatable bonds is 8. The van der Waals surface area contributed by atoms with Gasteiger partial charge < -0.3 is 10.2 Å². The van der Waals surface area contributed by atoms with E-state index in [-0.39, 0.29) is 9.92 Å². The first-order valence-electron chi connectivity index (χ1n) is 10.3. The first-order chi connectivity index (χ1) is 15.3. The zero-order valence-electron chi connectivity index (χ0n) is 18.3. The third-order valence-electron chi connectivity index (χ3n) is 5.08. The Morgan fingerprint density at radius 1 is 1.03 bits per heavy atom. The lowest BCUT2D eigenvalue weighted by atomic mass is 10.1. The summed E-state index contributed by atoms with van der Waals surface area (Å²) in [6, 6.07) is 15.8. The number of hydrogen-bond acceptors (Lipinski definition) is 6. The van der Waals surface area contributed by atoms with Crippen molar-refractivity contribution in [2.45, 2.75) is 37.2 Å². The van der Waals surface area contributed by atoms with Crippen LogP contribution in [0.3, 0.4) is 0 Å². The highest BCUT2D eigenvalue weighted by Gasteiger charge is 2.20. The summed E-state index contributed by atoms with van der Waals surface area (Å²) in [4.78, 5) is 27.0. The molecule has 168 valence electrons. The molecule has 2 aromatic carbocycles. The molecule has 0 aliphatic rings. The minimum absolute atomic E-state index is 0.0612. The van der Waals surface area contributed by atoms with Crippen molar-refractivity contribution in [3.8, 4) is 0 Å². The van der Waals surface area contributed by atoms with Crippen LogP contribution in [0.1, 0.15) is 19.4 Å². The number of hydrogen-bond donors (Lipinski definition) is 1. The van der Waals surface area contributed by atoms with Crippen molar-refractivity contribution in [3.05, 3.63) is 76.6 Å². The minimum Gasteiger partial charge on any atom is -0.372 e. The number of nitrogens with zero attached hydrogens (tertiary/aromatic N) is 3. The van der Waals surface area contributed by atoms with Gasteiger partial charge in [-0.1, -0.05) is 18.2 Å². The fourth-order valence-corrected chi connectivity index (χ4v) is 4.52. The van der Waals surface area contributed by atoms with Crippen LogP contribution in [-0.2, 0) is 21.2 Å². The Morgan fingerprint density at radius 3 is 2.34 bits per heavy atom. The van der Waals surface area contributed by atoms with E-state index in [0.717, 1.165) is 41.2 Å². The molecule has 1 amide bonds. The summed E-state index contributed by atoms with van der Waals surface area (Å²) < 4.78 is 26.4. The summed E-state index contributed by atoms with van der Waals surface area (Å²) in [5, 5.41) is 6.41. The maximum absolute atomic E-state index is 12.8. The smallest absolute Gasteiger partial charge is 0.267 e. The summed E-state index contributed by atoms with van der Waals surface area (Å²) in [6.07, 6.45) is 0. The van der Waals surface area contributed by atoms with E-state index in [2.05, 4.69) is 29.2 Å². The van der Waals surface area contributed by atoms with Gasteiger partial charge in [-0.25, -0.2) is 13.1 Å². The van der Waals surface area contributed by atoms with Gasteiger partial charge in [0.1, 0.15) is 6.54 Å². The molecule has 3 rings (SSSR count). The predicted octanol–water partition coefficient (Wildman–Crippen LogP) is 2.87. The number of nitrogens with one attached hydrogen (secondary N) is 1. The second kappa shape index (κ2) is 9.78. The maximum Gasteiger partial charge on any atom is 0.267 e.